The minimum Gasteiger partial charge on any atom is -0.361 e. The van der Waals surface area contributed by atoms with E-state index in [1.165, 1.54) is 10.9 Å². The maximum atomic E-state index is 13.1. The van der Waals surface area contributed by atoms with Crippen molar-refractivity contribution in [1.82, 2.24) is 20.5 Å². The zero-order chi connectivity index (χ0) is 19.5. The van der Waals surface area contributed by atoms with Gasteiger partial charge < -0.3 is 26.3 Å². The van der Waals surface area contributed by atoms with Crippen molar-refractivity contribution >= 4 is 22.8 Å². The van der Waals surface area contributed by atoms with E-state index < -0.39 is 6.03 Å². The van der Waals surface area contributed by atoms with Crippen LogP contribution in [0.25, 0.3) is 10.9 Å². The summed E-state index contributed by atoms with van der Waals surface area (Å²) >= 11 is 0. The first-order valence-electron chi connectivity index (χ1n) is 10.3. The van der Waals surface area contributed by atoms with Crippen LogP contribution in [-0.2, 0) is 0 Å². The smallest absolute Gasteiger partial charge is 0.312 e. The minimum absolute atomic E-state index is 0.0723. The first-order chi connectivity index (χ1) is 13.6. The normalized spacial score (nSPS) is 21.0. The molecule has 1 aromatic carbocycles. The van der Waals surface area contributed by atoms with Crippen molar-refractivity contribution in [2.45, 2.75) is 31.6 Å². The molecule has 7 heteroatoms. The summed E-state index contributed by atoms with van der Waals surface area (Å²) in [5.74, 6) is 0.870. The second-order valence-corrected chi connectivity index (χ2v) is 8.03. The van der Waals surface area contributed by atoms with Gasteiger partial charge in [-0.05, 0) is 74.4 Å². The fourth-order valence-electron chi connectivity index (χ4n) is 4.59. The summed E-state index contributed by atoms with van der Waals surface area (Å²) in [6.45, 7) is 4.04. The lowest BCUT2D eigenvalue weighted by Crippen LogP contribution is -2.44. The lowest BCUT2D eigenvalue weighted by Gasteiger charge is -2.33. The molecule has 4 rings (SSSR count). The molecule has 2 fully saturated rings. The van der Waals surface area contributed by atoms with Gasteiger partial charge in [0, 0.05) is 42.3 Å². The van der Waals surface area contributed by atoms with Crippen molar-refractivity contribution in [2.75, 3.05) is 32.7 Å². The van der Waals surface area contributed by atoms with Crippen LogP contribution in [0.2, 0.25) is 0 Å². The first-order valence-corrected chi connectivity index (χ1v) is 10.3. The molecule has 7 nitrogen and oxygen atoms in total. The van der Waals surface area contributed by atoms with Crippen molar-refractivity contribution in [3.8, 4) is 0 Å². The van der Waals surface area contributed by atoms with Crippen LogP contribution in [0.1, 0.15) is 47.5 Å². The van der Waals surface area contributed by atoms with E-state index in [-0.39, 0.29) is 11.8 Å². The Morgan fingerprint density at radius 1 is 1.21 bits per heavy atom. The van der Waals surface area contributed by atoms with Crippen LogP contribution >= 0.6 is 0 Å². The van der Waals surface area contributed by atoms with Crippen LogP contribution in [0.3, 0.4) is 0 Å². The number of likely N-dealkylation sites (tertiary alicyclic amines) is 1. The molecule has 0 bridgehead atoms. The van der Waals surface area contributed by atoms with E-state index >= 15 is 0 Å². The number of hydrogen-bond acceptors (Lipinski definition) is 3. The largest absolute Gasteiger partial charge is 0.361 e. The minimum atomic E-state index is -0.508. The zero-order valence-electron chi connectivity index (χ0n) is 16.2. The Kier molecular flexibility index (Phi) is 5.52. The van der Waals surface area contributed by atoms with Crippen LogP contribution in [0, 0.1) is 5.92 Å². The quantitative estimate of drug-likeness (QED) is 0.650. The maximum Gasteiger partial charge on any atom is 0.312 e. The van der Waals surface area contributed by atoms with E-state index in [2.05, 4.69) is 27.9 Å². The van der Waals surface area contributed by atoms with Crippen LogP contribution in [-0.4, -0.2) is 54.5 Å². The summed E-state index contributed by atoms with van der Waals surface area (Å²) in [5.41, 5.74) is 8.33. The van der Waals surface area contributed by atoms with Gasteiger partial charge in [-0.15, -0.1) is 0 Å². The molecule has 2 aliphatic heterocycles. The fraction of sp³-hybridized carbons (Fsp3) is 0.524. The van der Waals surface area contributed by atoms with Gasteiger partial charge in [-0.2, -0.15) is 0 Å². The Hall–Kier alpha value is -2.54. The lowest BCUT2D eigenvalue weighted by atomic mass is 9.89. The third-order valence-electron chi connectivity index (χ3n) is 6.11. The Morgan fingerprint density at radius 3 is 2.82 bits per heavy atom. The number of urea groups is 1. The SMILES string of the molecule is NC(=O)NCC1CCCN(C(=O)c2ccc3[nH]cc(C4CCNCC4)c3c2)C1. The molecule has 2 aliphatic rings. The fourth-order valence-corrected chi connectivity index (χ4v) is 4.59. The van der Waals surface area contributed by atoms with Crippen LogP contribution in [0.4, 0.5) is 4.79 Å². The number of piperidine rings is 2. The van der Waals surface area contributed by atoms with Gasteiger partial charge in [0.25, 0.3) is 5.91 Å². The van der Waals surface area contributed by atoms with Crippen LogP contribution in [0.5, 0.6) is 0 Å². The van der Waals surface area contributed by atoms with Crippen molar-refractivity contribution in [1.29, 1.82) is 0 Å². The standard InChI is InChI=1S/C21H29N5O2/c22-21(28)25-11-14-2-1-9-26(13-14)20(27)16-3-4-19-17(10-16)18(12-24-19)15-5-7-23-8-6-15/h3-4,10,12,14-15,23-24H,1-2,5-9,11,13H2,(H3,22,25,28). The number of rotatable bonds is 4. The number of nitrogens with zero attached hydrogens (tertiary/aromatic N) is 1. The van der Waals surface area contributed by atoms with E-state index in [1.807, 2.05) is 17.0 Å². The van der Waals surface area contributed by atoms with Crippen LogP contribution in [0.15, 0.2) is 24.4 Å². The van der Waals surface area contributed by atoms with Gasteiger partial charge >= 0.3 is 6.03 Å². The molecule has 28 heavy (non-hydrogen) atoms. The average Bonchev–Trinajstić information content (AvgIpc) is 3.16. The lowest BCUT2D eigenvalue weighted by molar-refractivity contribution is 0.0675. The van der Waals surface area contributed by atoms with E-state index in [1.54, 1.807) is 0 Å². The molecule has 2 aromatic rings. The monoisotopic (exact) mass is 383 g/mol. The van der Waals surface area contributed by atoms with Gasteiger partial charge in [-0.1, -0.05) is 0 Å². The second-order valence-electron chi connectivity index (χ2n) is 8.03. The predicted molar refractivity (Wildman–Crippen MR) is 109 cm³/mol. The molecule has 2 saturated heterocycles. The van der Waals surface area contributed by atoms with Crippen LogP contribution < -0.4 is 16.4 Å². The highest BCUT2D eigenvalue weighted by Crippen LogP contribution is 2.32. The number of aromatic nitrogens is 1. The Morgan fingerprint density at radius 2 is 2.04 bits per heavy atom. The Balaban J connectivity index is 1.51. The average molecular weight is 383 g/mol. The highest BCUT2D eigenvalue weighted by atomic mass is 16.2. The van der Waals surface area contributed by atoms with E-state index in [9.17, 15) is 9.59 Å². The molecule has 150 valence electrons. The van der Waals surface area contributed by atoms with Gasteiger partial charge in [0.15, 0.2) is 0 Å². The topological polar surface area (TPSA) is 103 Å². The zero-order valence-corrected chi connectivity index (χ0v) is 16.2. The number of carbonyl (C=O) groups is 2. The molecular weight excluding hydrogens is 354 g/mol. The predicted octanol–water partition coefficient (Wildman–Crippen LogP) is 2.16. The number of carbonyl (C=O) groups excluding carboxylic acids is 2. The molecule has 0 saturated carbocycles. The second kappa shape index (κ2) is 8.22. The molecule has 3 heterocycles. The number of benzene rings is 1. The number of nitrogens with one attached hydrogen (secondary N) is 3. The molecule has 1 atom stereocenters. The van der Waals surface area contributed by atoms with Gasteiger partial charge in [-0.25, -0.2) is 4.79 Å². The Bertz CT molecular complexity index is 856. The number of nitrogens with two attached hydrogens (primary N) is 1. The number of amides is 3. The van der Waals surface area contributed by atoms with Crippen molar-refractivity contribution in [3.05, 3.63) is 35.5 Å². The van der Waals surface area contributed by atoms with Crippen molar-refractivity contribution < 1.29 is 9.59 Å². The number of aromatic amines is 1. The summed E-state index contributed by atoms with van der Waals surface area (Å²) < 4.78 is 0. The molecule has 3 amide bonds. The molecule has 0 spiro atoms. The third kappa shape index (κ3) is 3.99. The van der Waals surface area contributed by atoms with Gasteiger partial charge in [0.2, 0.25) is 0 Å². The number of H-pyrrole nitrogens is 1. The molecule has 0 radical (unpaired) electrons. The third-order valence-corrected chi connectivity index (χ3v) is 6.11. The highest BCUT2D eigenvalue weighted by Gasteiger charge is 2.25. The van der Waals surface area contributed by atoms with Crippen molar-refractivity contribution in [2.24, 2.45) is 11.7 Å². The van der Waals surface area contributed by atoms with E-state index in [0.29, 0.717) is 19.0 Å². The van der Waals surface area contributed by atoms with Gasteiger partial charge in [0.1, 0.15) is 0 Å². The van der Waals surface area contributed by atoms with Gasteiger partial charge in [-0.3, -0.25) is 4.79 Å². The first kappa shape index (κ1) is 18.8. The summed E-state index contributed by atoms with van der Waals surface area (Å²) in [7, 11) is 0. The number of primary amides is 1. The highest BCUT2D eigenvalue weighted by molar-refractivity contribution is 5.99. The van der Waals surface area contributed by atoms with E-state index in [0.717, 1.165) is 56.4 Å². The molecule has 1 unspecified atom stereocenters. The summed E-state index contributed by atoms with van der Waals surface area (Å²) in [4.78, 5) is 29.4. The van der Waals surface area contributed by atoms with E-state index in [4.69, 9.17) is 5.73 Å². The number of hydrogen-bond donors (Lipinski definition) is 4. The summed E-state index contributed by atoms with van der Waals surface area (Å²) in [6.07, 6.45) is 6.32. The Labute approximate surface area is 165 Å². The molecule has 5 N–H and O–H groups in total. The molecular formula is C21H29N5O2. The van der Waals surface area contributed by atoms with Crippen molar-refractivity contribution in [3.63, 3.8) is 0 Å². The maximum absolute atomic E-state index is 13.1. The summed E-state index contributed by atoms with van der Waals surface area (Å²) in [5, 5.41) is 7.25. The van der Waals surface area contributed by atoms with Gasteiger partial charge in [0.05, 0.1) is 0 Å². The molecule has 0 aliphatic carbocycles. The number of fused-ring (bicyclic) bond motifs is 1. The molecule has 1 aromatic heterocycles. The summed E-state index contributed by atoms with van der Waals surface area (Å²) in [6, 6.07) is 5.48.